The van der Waals surface area contributed by atoms with Gasteiger partial charge in [-0.1, -0.05) is 59.7 Å². The van der Waals surface area contributed by atoms with Gasteiger partial charge in [0.25, 0.3) is 0 Å². The first-order valence-electron chi connectivity index (χ1n) is 9.04. The van der Waals surface area contributed by atoms with Crippen molar-refractivity contribution in [2.45, 2.75) is 33.1 Å². The van der Waals surface area contributed by atoms with Crippen LogP contribution in [-0.2, 0) is 14.3 Å². The Morgan fingerprint density at radius 2 is 1.77 bits per heavy atom. The smallest absolute Gasteiger partial charge is 0.317 e. The van der Waals surface area contributed by atoms with Gasteiger partial charge in [0.2, 0.25) is 0 Å². The molecule has 2 atom stereocenters. The fourth-order valence-electron chi connectivity index (χ4n) is 3.64. The number of ether oxygens (including phenoxy) is 1. The van der Waals surface area contributed by atoms with Crippen LogP contribution in [0.2, 0.25) is 0 Å². The third-order valence-electron chi connectivity index (χ3n) is 4.86. The van der Waals surface area contributed by atoms with Crippen LogP contribution in [-0.4, -0.2) is 18.4 Å². The van der Waals surface area contributed by atoms with E-state index in [4.69, 9.17) is 4.74 Å². The molecule has 0 saturated heterocycles. The van der Waals surface area contributed by atoms with Gasteiger partial charge in [-0.15, -0.1) is 0 Å². The average Bonchev–Trinajstić information content (AvgIpc) is 2.61. The SMILES string of the molecule is CCOC(=O)C1C(=O)C=C(c2cccc(C)c2)CC1c1cccc(C)c1. The molecule has 1 aliphatic carbocycles. The van der Waals surface area contributed by atoms with Crippen LogP contribution in [0, 0.1) is 19.8 Å². The van der Waals surface area contributed by atoms with Gasteiger partial charge in [-0.3, -0.25) is 9.59 Å². The maximum absolute atomic E-state index is 12.9. The van der Waals surface area contributed by atoms with Gasteiger partial charge in [0, 0.05) is 5.92 Å². The maximum Gasteiger partial charge on any atom is 0.317 e. The lowest BCUT2D eigenvalue weighted by Gasteiger charge is -2.29. The van der Waals surface area contributed by atoms with Gasteiger partial charge < -0.3 is 4.74 Å². The zero-order valence-electron chi connectivity index (χ0n) is 15.5. The van der Waals surface area contributed by atoms with Gasteiger partial charge in [-0.25, -0.2) is 0 Å². The molecular formula is C23H24O3. The lowest BCUT2D eigenvalue weighted by atomic mass is 9.73. The Kier molecular flexibility index (Phi) is 5.36. The summed E-state index contributed by atoms with van der Waals surface area (Å²) in [5.41, 5.74) is 5.29. The Bertz CT molecular complexity index is 863. The molecule has 0 aliphatic heterocycles. The molecule has 0 fully saturated rings. The lowest BCUT2D eigenvalue weighted by Crippen LogP contribution is -2.34. The topological polar surface area (TPSA) is 43.4 Å². The van der Waals surface area contributed by atoms with Crippen molar-refractivity contribution in [1.29, 1.82) is 0 Å². The molecule has 0 bridgehead atoms. The van der Waals surface area contributed by atoms with Crippen LogP contribution in [0.1, 0.15) is 41.5 Å². The Labute approximate surface area is 154 Å². The first-order valence-corrected chi connectivity index (χ1v) is 9.04. The number of carbonyl (C=O) groups is 2. The van der Waals surface area contributed by atoms with E-state index in [0.29, 0.717) is 6.42 Å². The second-order valence-electron chi connectivity index (χ2n) is 6.90. The Hall–Kier alpha value is -2.68. The second-order valence-corrected chi connectivity index (χ2v) is 6.90. The van der Waals surface area contributed by atoms with E-state index in [1.165, 1.54) is 0 Å². The largest absolute Gasteiger partial charge is 0.465 e. The number of hydrogen-bond donors (Lipinski definition) is 0. The van der Waals surface area contributed by atoms with E-state index < -0.39 is 11.9 Å². The molecular weight excluding hydrogens is 324 g/mol. The lowest BCUT2D eigenvalue weighted by molar-refractivity contribution is -0.151. The van der Waals surface area contributed by atoms with Gasteiger partial charge in [-0.05, 0) is 50.0 Å². The van der Waals surface area contributed by atoms with Crippen LogP contribution in [0.5, 0.6) is 0 Å². The minimum Gasteiger partial charge on any atom is -0.465 e. The number of rotatable bonds is 4. The van der Waals surface area contributed by atoms with Gasteiger partial charge >= 0.3 is 5.97 Å². The maximum atomic E-state index is 12.9. The molecule has 2 aromatic rings. The summed E-state index contributed by atoms with van der Waals surface area (Å²) in [6.07, 6.45) is 2.27. The molecule has 2 aromatic carbocycles. The second kappa shape index (κ2) is 7.69. The minimum atomic E-state index is -0.773. The molecule has 0 radical (unpaired) electrons. The van der Waals surface area contributed by atoms with Crippen molar-refractivity contribution < 1.29 is 14.3 Å². The number of ketones is 1. The zero-order valence-corrected chi connectivity index (χ0v) is 15.5. The van der Waals surface area contributed by atoms with E-state index in [9.17, 15) is 9.59 Å². The number of esters is 1. The summed E-state index contributed by atoms with van der Waals surface area (Å²) < 4.78 is 5.20. The Morgan fingerprint density at radius 1 is 1.08 bits per heavy atom. The molecule has 3 rings (SSSR count). The average molecular weight is 348 g/mol. The zero-order chi connectivity index (χ0) is 18.7. The Balaban J connectivity index is 2.04. The first-order chi connectivity index (χ1) is 12.5. The standard InChI is InChI=1S/C23H24O3/c1-4-26-23(25)22-20(18-10-6-8-16(3)12-18)13-19(14-21(22)24)17-9-5-7-15(2)11-17/h5-12,14,20,22H,4,13H2,1-3H3. The van der Waals surface area contributed by atoms with Crippen molar-refractivity contribution in [1.82, 2.24) is 0 Å². The van der Waals surface area contributed by atoms with E-state index in [2.05, 4.69) is 12.1 Å². The molecule has 0 N–H and O–H groups in total. The summed E-state index contributed by atoms with van der Waals surface area (Å²) in [7, 11) is 0. The molecule has 0 saturated carbocycles. The highest BCUT2D eigenvalue weighted by Gasteiger charge is 2.39. The third-order valence-corrected chi connectivity index (χ3v) is 4.86. The van der Waals surface area contributed by atoms with Crippen molar-refractivity contribution in [3.8, 4) is 0 Å². The van der Waals surface area contributed by atoms with Crippen LogP contribution in [0.4, 0.5) is 0 Å². The van der Waals surface area contributed by atoms with E-state index in [0.717, 1.165) is 27.8 Å². The molecule has 2 unspecified atom stereocenters. The summed E-state index contributed by atoms with van der Waals surface area (Å²) >= 11 is 0. The first kappa shape index (κ1) is 18.1. The van der Waals surface area contributed by atoms with Crippen molar-refractivity contribution in [2.75, 3.05) is 6.61 Å². The summed E-state index contributed by atoms with van der Waals surface area (Å²) in [6.45, 7) is 6.09. The van der Waals surface area contributed by atoms with E-state index >= 15 is 0 Å². The summed E-state index contributed by atoms with van der Waals surface area (Å²) in [5, 5.41) is 0. The van der Waals surface area contributed by atoms with Crippen LogP contribution in [0.25, 0.3) is 5.57 Å². The monoisotopic (exact) mass is 348 g/mol. The van der Waals surface area contributed by atoms with E-state index in [-0.39, 0.29) is 18.3 Å². The molecule has 0 heterocycles. The van der Waals surface area contributed by atoms with Crippen molar-refractivity contribution in [2.24, 2.45) is 5.92 Å². The number of hydrogen-bond acceptors (Lipinski definition) is 3. The quantitative estimate of drug-likeness (QED) is 0.598. The van der Waals surface area contributed by atoms with Crippen LogP contribution in [0.15, 0.2) is 54.6 Å². The summed E-state index contributed by atoms with van der Waals surface area (Å²) in [6, 6.07) is 16.2. The molecule has 3 heteroatoms. The van der Waals surface area contributed by atoms with Crippen LogP contribution in [0.3, 0.4) is 0 Å². The highest BCUT2D eigenvalue weighted by molar-refractivity contribution is 6.10. The molecule has 134 valence electrons. The predicted molar refractivity (Wildman–Crippen MR) is 103 cm³/mol. The minimum absolute atomic E-state index is 0.169. The van der Waals surface area contributed by atoms with Crippen LogP contribution < -0.4 is 0 Å². The Morgan fingerprint density at radius 3 is 2.42 bits per heavy atom. The van der Waals surface area contributed by atoms with Gasteiger partial charge in [0.05, 0.1) is 6.61 Å². The molecule has 1 aliphatic rings. The molecule has 3 nitrogen and oxygen atoms in total. The fraction of sp³-hybridized carbons (Fsp3) is 0.304. The number of carbonyl (C=O) groups excluding carboxylic acids is 2. The highest BCUT2D eigenvalue weighted by atomic mass is 16.5. The van der Waals surface area contributed by atoms with Crippen molar-refractivity contribution in [3.05, 3.63) is 76.9 Å². The number of allylic oxidation sites excluding steroid dienone is 2. The normalized spacial score (nSPS) is 19.8. The van der Waals surface area contributed by atoms with Crippen LogP contribution >= 0.6 is 0 Å². The molecule has 26 heavy (non-hydrogen) atoms. The number of benzene rings is 2. The predicted octanol–water partition coefficient (Wildman–Crippen LogP) is 4.62. The fourth-order valence-corrected chi connectivity index (χ4v) is 3.64. The number of aryl methyl sites for hydroxylation is 2. The van der Waals surface area contributed by atoms with Gasteiger partial charge in [-0.2, -0.15) is 0 Å². The molecule has 0 amide bonds. The summed E-state index contributed by atoms with van der Waals surface area (Å²) in [5.74, 6) is -1.58. The van der Waals surface area contributed by atoms with E-state index in [1.54, 1.807) is 13.0 Å². The molecule has 0 aromatic heterocycles. The van der Waals surface area contributed by atoms with Crippen molar-refractivity contribution in [3.63, 3.8) is 0 Å². The van der Waals surface area contributed by atoms with Gasteiger partial charge in [0.15, 0.2) is 5.78 Å². The third kappa shape index (κ3) is 3.77. The molecule has 0 spiro atoms. The van der Waals surface area contributed by atoms with Crippen molar-refractivity contribution >= 4 is 17.3 Å². The van der Waals surface area contributed by atoms with E-state index in [1.807, 2.05) is 50.2 Å². The van der Waals surface area contributed by atoms with Gasteiger partial charge in [0.1, 0.15) is 5.92 Å². The summed E-state index contributed by atoms with van der Waals surface area (Å²) in [4.78, 5) is 25.4. The highest BCUT2D eigenvalue weighted by Crippen LogP contribution is 2.40.